The van der Waals surface area contributed by atoms with Crippen molar-refractivity contribution in [1.82, 2.24) is 0 Å². The smallest absolute Gasteiger partial charge is 0.303 e. The molecule has 0 heterocycles. The van der Waals surface area contributed by atoms with Gasteiger partial charge in [0.05, 0.1) is 0 Å². The Morgan fingerprint density at radius 3 is 2.67 bits per heavy atom. The van der Waals surface area contributed by atoms with Crippen LogP contribution in [0.25, 0.3) is 0 Å². The molecule has 1 N–H and O–H groups in total. The fourth-order valence-corrected chi connectivity index (χ4v) is 2.01. The van der Waals surface area contributed by atoms with E-state index in [1.807, 2.05) is 0 Å². The van der Waals surface area contributed by atoms with E-state index in [2.05, 4.69) is 26.8 Å². The second kappa shape index (κ2) is 2.92. The zero-order chi connectivity index (χ0) is 9.35. The molecule has 1 aliphatic rings. The molecule has 0 bridgehead atoms. The van der Waals surface area contributed by atoms with Gasteiger partial charge < -0.3 is 5.11 Å². The number of carbonyl (C=O) groups is 1. The quantitative estimate of drug-likeness (QED) is 0.643. The van der Waals surface area contributed by atoms with Crippen LogP contribution in [0.4, 0.5) is 0 Å². The van der Waals surface area contributed by atoms with E-state index in [1.165, 1.54) is 5.57 Å². The molecule has 12 heavy (non-hydrogen) atoms. The minimum Gasteiger partial charge on any atom is -0.481 e. The molecule has 68 valence electrons. The van der Waals surface area contributed by atoms with Gasteiger partial charge in [-0.1, -0.05) is 25.5 Å². The highest BCUT2D eigenvalue weighted by Gasteiger charge is 2.33. The molecule has 0 aromatic rings. The maximum Gasteiger partial charge on any atom is 0.303 e. The van der Waals surface area contributed by atoms with E-state index < -0.39 is 5.97 Å². The lowest BCUT2D eigenvalue weighted by molar-refractivity contribution is -0.138. The van der Waals surface area contributed by atoms with Crippen LogP contribution in [0.2, 0.25) is 0 Å². The van der Waals surface area contributed by atoms with Crippen molar-refractivity contribution in [1.29, 1.82) is 0 Å². The standard InChI is InChI=1S/C10H16O2/c1-7-4-8(5-9(11)12)10(2,3)6-7/h6,8H,4-5H2,1-3H3,(H,11,12). The van der Waals surface area contributed by atoms with Crippen molar-refractivity contribution < 1.29 is 9.90 Å². The van der Waals surface area contributed by atoms with Gasteiger partial charge in [0.1, 0.15) is 0 Å². The van der Waals surface area contributed by atoms with Crippen LogP contribution in [0.5, 0.6) is 0 Å². The van der Waals surface area contributed by atoms with Crippen molar-refractivity contribution in [2.24, 2.45) is 11.3 Å². The molecular formula is C10H16O2. The average Bonchev–Trinajstić information content (AvgIpc) is 2.04. The monoisotopic (exact) mass is 168 g/mol. The Kier molecular flexibility index (Phi) is 2.27. The van der Waals surface area contributed by atoms with Crippen LogP contribution in [0.15, 0.2) is 11.6 Å². The Hall–Kier alpha value is -0.790. The molecule has 2 heteroatoms. The van der Waals surface area contributed by atoms with Gasteiger partial charge in [-0.3, -0.25) is 4.79 Å². The van der Waals surface area contributed by atoms with Gasteiger partial charge in [0.25, 0.3) is 0 Å². The molecule has 0 aromatic heterocycles. The van der Waals surface area contributed by atoms with Crippen molar-refractivity contribution in [3.05, 3.63) is 11.6 Å². The Balaban J connectivity index is 2.66. The number of hydrogen-bond acceptors (Lipinski definition) is 1. The number of allylic oxidation sites excluding steroid dienone is 2. The molecule has 1 rings (SSSR count). The van der Waals surface area contributed by atoms with Crippen molar-refractivity contribution in [2.75, 3.05) is 0 Å². The predicted octanol–water partition coefficient (Wildman–Crippen LogP) is 2.45. The summed E-state index contributed by atoms with van der Waals surface area (Å²) < 4.78 is 0. The van der Waals surface area contributed by atoms with Crippen LogP contribution in [-0.4, -0.2) is 11.1 Å². The van der Waals surface area contributed by atoms with Crippen molar-refractivity contribution in [2.45, 2.75) is 33.6 Å². The summed E-state index contributed by atoms with van der Waals surface area (Å²) in [6.07, 6.45) is 3.43. The summed E-state index contributed by atoms with van der Waals surface area (Å²) in [6, 6.07) is 0. The van der Waals surface area contributed by atoms with Crippen LogP contribution in [0.3, 0.4) is 0 Å². The molecule has 0 amide bonds. The van der Waals surface area contributed by atoms with Crippen LogP contribution in [0, 0.1) is 11.3 Å². The zero-order valence-corrected chi connectivity index (χ0v) is 7.92. The lowest BCUT2D eigenvalue weighted by atomic mass is 9.80. The average molecular weight is 168 g/mol. The van der Waals surface area contributed by atoms with E-state index in [9.17, 15) is 4.79 Å². The SMILES string of the molecule is CC1=CC(C)(C)C(CC(=O)O)C1. The van der Waals surface area contributed by atoms with E-state index in [-0.39, 0.29) is 11.3 Å². The molecule has 0 saturated heterocycles. The normalized spacial score (nSPS) is 26.9. The van der Waals surface area contributed by atoms with Gasteiger partial charge in [-0.15, -0.1) is 0 Å². The van der Waals surface area contributed by atoms with Crippen LogP contribution < -0.4 is 0 Å². The molecule has 0 aromatic carbocycles. The van der Waals surface area contributed by atoms with Gasteiger partial charge in [0.15, 0.2) is 0 Å². The van der Waals surface area contributed by atoms with E-state index >= 15 is 0 Å². The first-order chi connectivity index (χ1) is 5.42. The highest BCUT2D eigenvalue weighted by Crippen LogP contribution is 2.42. The first-order valence-electron chi connectivity index (χ1n) is 4.32. The summed E-state index contributed by atoms with van der Waals surface area (Å²) in [5.41, 5.74) is 1.40. The third-order valence-corrected chi connectivity index (χ3v) is 2.66. The van der Waals surface area contributed by atoms with E-state index in [0.29, 0.717) is 6.42 Å². The summed E-state index contributed by atoms with van der Waals surface area (Å²) in [5.74, 6) is -0.397. The van der Waals surface area contributed by atoms with Gasteiger partial charge in [-0.2, -0.15) is 0 Å². The van der Waals surface area contributed by atoms with E-state index in [0.717, 1.165) is 6.42 Å². The fourth-order valence-electron chi connectivity index (χ4n) is 2.01. The first kappa shape index (κ1) is 9.30. The molecular weight excluding hydrogens is 152 g/mol. The molecule has 0 saturated carbocycles. The number of hydrogen-bond donors (Lipinski definition) is 1. The minimum atomic E-state index is -0.684. The second-order valence-electron chi connectivity index (χ2n) is 4.31. The van der Waals surface area contributed by atoms with Crippen molar-refractivity contribution >= 4 is 5.97 Å². The highest BCUT2D eigenvalue weighted by atomic mass is 16.4. The van der Waals surface area contributed by atoms with E-state index in [1.54, 1.807) is 0 Å². The van der Waals surface area contributed by atoms with Crippen LogP contribution >= 0.6 is 0 Å². The first-order valence-corrected chi connectivity index (χ1v) is 4.32. The fraction of sp³-hybridized carbons (Fsp3) is 0.700. The van der Waals surface area contributed by atoms with Gasteiger partial charge in [0, 0.05) is 6.42 Å². The summed E-state index contributed by atoms with van der Waals surface area (Å²) in [5, 5.41) is 8.67. The molecule has 1 atom stereocenters. The van der Waals surface area contributed by atoms with Crippen molar-refractivity contribution in [3.63, 3.8) is 0 Å². The third kappa shape index (κ3) is 1.87. The largest absolute Gasteiger partial charge is 0.481 e. The molecule has 0 radical (unpaired) electrons. The Morgan fingerprint density at radius 2 is 2.33 bits per heavy atom. The molecule has 0 aliphatic heterocycles. The molecule has 2 nitrogen and oxygen atoms in total. The molecule has 1 aliphatic carbocycles. The van der Waals surface area contributed by atoms with Crippen LogP contribution in [-0.2, 0) is 4.79 Å². The van der Waals surface area contributed by atoms with Crippen molar-refractivity contribution in [3.8, 4) is 0 Å². The zero-order valence-electron chi connectivity index (χ0n) is 7.92. The lowest BCUT2D eigenvalue weighted by Gasteiger charge is -2.24. The summed E-state index contributed by atoms with van der Waals surface area (Å²) >= 11 is 0. The number of carboxylic acid groups (broad SMARTS) is 1. The molecule has 1 unspecified atom stereocenters. The predicted molar refractivity (Wildman–Crippen MR) is 47.9 cm³/mol. The minimum absolute atomic E-state index is 0.0719. The Morgan fingerprint density at radius 1 is 1.75 bits per heavy atom. The highest BCUT2D eigenvalue weighted by molar-refractivity contribution is 5.67. The molecule has 0 fully saturated rings. The van der Waals surface area contributed by atoms with Gasteiger partial charge >= 0.3 is 5.97 Å². The maximum atomic E-state index is 10.5. The van der Waals surface area contributed by atoms with Gasteiger partial charge in [-0.05, 0) is 24.7 Å². The Bertz CT molecular complexity index is 226. The summed E-state index contributed by atoms with van der Waals surface area (Å²) in [4.78, 5) is 10.5. The topological polar surface area (TPSA) is 37.3 Å². The van der Waals surface area contributed by atoms with Gasteiger partial charge in [0.2, 0.25) is 0 Å². The third-order valence-electron chi connectivity index (χ3n) is 2.66. The molecule has 0 spiro atoms. The van der Waals surface area contributed by atoms with Crippen LogP contribution in [0.1, 0.15) is 33.6 Å². The lowest BCUT2D eigenvalue weighted by Crippen LogP contribution is -2.20. The number of aliphatic carboxylic acids is 1. The summed E-state index contributed by atoms with van der Waals surface area (Å²) in [6.45, 7) is 6.29. The summed E-state index contributed by atoms with van der Waals surface area (Å²) in [7, 11) is 0. The van der Waals surface area contributed by atoms with E-state index in [4.69, 9.17) is 5.11 Å². The number of carboxylic acids is 1. The Labute approximate surface area is 73.3 Å². The maximum absolute atomic E-state index is 10.5. The van der Waals surface area contributed by atoms with Gasteiger partial charge in [-0.25, -0.2) is 0 Å². The number of rotatable bonds is 2. The second-order valence-corrected chi connectivity index (χ2v) is 4.31.